The number of carbonyl (C=O) groups excluding carboxylic acids is 3. The van der Waals surface area contributed by atoms with E-state index >= 15 is 0 Å². The molecule has 0 unspecified atom stereocenters. The monoisotopic (exact) mass is 364 g/mol. The fourth-order valence-corrected chi connectivity index (χ4v) is 2.90. The van der Waals surface area contributed by atoms with E-state index in [0.717, 1.165) is 10.5 Å². The number of hydrogen-bond donors (Lipinski definition) is 3. The molecule has 27 heavy (non-hydrogen) atoms. The zero-order chi connectivity index (χ0) is 19.4. The van der Waals surface area contributed by atoms with Crippen molar-refractivity contribution in [2.45, 2.75) is 13.5 Å². The molecular formula is C20H20N4O3. The van der Waals surface area contributed by atoms with Gasteiger partial charge in [0.2, 0.25) is 11.8 Å². The maximum Gasteiger partial charge on any atom is 0.331 e. The molecular weight excluding hydrogens is 344 g/mol. The molecule has 4 N–H and O–H groups in total. The van der Waals surface area contributed by atoms with Crippen LogP contribution >= 0.6 is 0 Å². The Balaban J connectivity index is 1.85. The number of allylic oxidation sites excluding steroid dienone is 1. The van der Waals surface area contributed by atoms with Gasteiger partial charge in [-0.1, -0.05) is 42.5 Å². The quantitative estimate of drug-likeness (QED) is 0.558. The van der Waals surface area contributed by atoms with Crippen molar-refractivity contribution in [2.75, 3.05) is 11.1 Å². The summed E-state index contributed by atoms with van der Waals surface area (Å²) in [5.41, 5.74) is 8.15. The van der Waals surface area contributed by atoms with Crippen LogP contribution in [0.1, 0.15) is 12.5 Å². The summed E-state index contributed by atoms with van der Waals surface area (Å²) < 4.78 is 0. The number of nitrogens with zero attached hydrogens (tertiary/aromatic N) is 1. The summed E-state index contributed by atoms with van der Waals surface area (Å²) in [6.07, 6.45) is 1.64. The number of rotatable bonds is 5. The lowest BCUT2D eigenvalue weighted by Gasteiger charge is -2.31. The number of imide groups is 2. The van der Waals surface area contributed by atoms with Crippen LogP contribution in [0.25, 0.3) is 0 Å². The van der Waals surface area contributed by atoms with Crippen LogP contribution in [0.15, 0.2) is 66.4 Å². The summed E-state index contributed by atoms with van der Waals surface area (Å²) in [6, 6.07) is 15.4. The van der Waals surface area contributed by atoms with Gasteiger partial charge in [-0.3, -0.25) is 19.8 Å². The molecule has 7 nitrogen and oxygen atoms in total. The molecule has 4 amide bonds. The van der Waals surface area contributed by atoms with Gasteiger partial charge in [-0.05, 0) is 30.7 Å². The Morgan fingerprint density at radius 3 is 2.56 bits per heavy atom. The number of amides is 4. The van der Waals surface area contributed by atoms with E-state index in [1.54, 1.807) is 37.3 Å². The van der Waals surface area contributed by atoms with Gasteiger partial charge in [0.15, 0.2) is 5.92 Å². The highest BCUT2D eigenvalue weighted by atomic mass is 16.2. The molecule has 1 saturated heterocycles. The molecule has 0 bridgehead atoms. The van der Waals surface area contributed by atoms with Gasteiger partial charge in [-0.15, -0.1) is 0 Å². The minimum atomic E-state index is -1.14. The molecule has 1 atom stereocenters. The Bertz CT molecular complexity index is 908. The minimum Gasteiger partial charge on any atom is -0.399 e. The lowest BCUT2D eigenvalue weighted by molar-refractivity contribution is -0.141. The fourth-order valence-electron chi connectivity index (χ4n) is 2.90. The molecule has 2 aromatic rings. The van der Waals surface area contributed by atoms with Crippen LogP contribution in [-0.2, 0) is 16.1 Å². The lowest BCUT2D eigenvalue weighted by atomic mass is 9.99. The van der Waals surface area contributed by atoms with Crippen LogP contribution in [0, 0.1) is 5.92 Å². The highest BCUT2D eigenvalue weighted by molar-refractivity contribution is 6.18. The van der Waals surface area contributed by atoms with Crippen LogP contribution < -0.4 is 16.4 Å². The van der Waals surface area contributed by atoms with E-state index in [1.165, 1.54) is 0 Å². The van der Waals surface area contributed by atoms with Gasteiger partial charge in [0.25, 0.3) is 0 Å². The van der Waals surface area contributed by atoms with E-state index in [4.69, 9.17) is 5.73 Å². The molecule has 0 aliphatic carbocycles. The van der Waals surface area contributed by atoms with E-state index < -0.39 is 23.8 Å². The zero-order valence-corrected chi connectivity index (χ0v) is 14.8. The summed E-state index contributed by atoms with van der Waals surface area (Å²) in [6.45, 7) is 1.80. The SMILES string of the molecule is C/C=C(\Nc1cccc(N)c1)[C@@H]1C(=O)NC(=O)N(Cc2ccccc2)C1=O. The third-order valence-corrected chi connectivity index (χ3v) is 4.23. The first-order chi connectivity index (χ1) is 13.0. The number of anilines is 2. The number of hydrogen-bond acceptors (Lipinski definition) is 5. The maximum atomic E-state index is 12.9. The van der Waals surface area contributed by atoms with Crippen LogP contribution in [0.4, 0.5) is 16.2 Å². The average Bonchev–Trinajstić information content (AvgIpc) is 2.65. The molecule has 1 aliphatic rings. The molecule has 0 aromatic heterocycles. The smallest absolute Gasteiger partial charge is 0.331 e. The number of barbiturate groups is 1. The normalized spacial score (nSPS) is 17.7. The van der Waals surface area contributed by atoms with Crippen LogP contribution in [0.2, 0.25) is 0 Å². The predicted molar refractivity (Wildman–Crippen MR) is 102 cm³/mol. The van der Waals surface area contributed by atoms with Gasteiger partial charge in [0.05, 0.1) is 6.54 Å². The topological polar surface area (TPSA) is 105 Å². The summed E-state index contributed by atoms with van der Waals surface area (Å²) in [4.78, 5) is 38.6. The Morgan fingerprint density at radius 1 is 1.15 bits per heavy atom. The molecule has 7 heteroatoms. The first-order valence-corrected chi connectivity index (χ1v) is 8.48. The second-order valence-corrected chi connectivity index (χ2v) is 6.13. The van der Waals surface area contributed by atoms with E-state index in [0.29, 0.717) is 17.1 Å². The van der Waals surface area contributed by atoms with Crippen LogP contribution in [0.5, 0.6) is 0 Å². The van der Waals surface area contributed by atoms with Gasteiger partial charge in [0, 0.05) is 17.1 Å². The first-order valence-electron chi connectivity index (χ1n) is 8.48. The highest BCUT2D eigenvalue weighted by Crippen LogP contribution is 2.23. The van der Waals surface area contributed by atoms with Crippen molar-refractivity contribution in [3.63, 3.8) is 0 Å². The van der Waals surface area contributed by atoms with Crippen molar-refractivity contribution >= 4 is 29.2 Å². The number of urea groups is 1. The molecule has 0 spiro atoms. The fraction of sp³-hybridized carbons (Fsp3) is 0.150. The van der Waals surface area contributed by atoms with Gasteiger partial charge >= 0.3 is 6.03 Å². The Morgan fingerprint density at radius 2 is 1.89 bits per heavy atom. The molecule has 3 rings (SSSR count). The average molecular weight is 364 g/mol. The number of nitrogens with one attached hydrogen (secondary N) is 2. The molecule has 2 aromatic carbocycles. The summed E-state index contributed by atoms with van der Waals surface area (Å²) in [5, 5.41) is 5.32. The number of nitrogen functional groups attached to an aromatic ring is 1. The molecule has 0 saturated carbocycles. The van der Waals surface area contributed by atoms with Gasteiger partial charge in [0.1, 0.15) is 0 Å². The molecule has 1 heterocycles. The van der Waals surface area contributed by atoms with E-state index in [-0.39, 0.29) is 6.54 Å². The minimum absolute atomic E-state index is 0.0879. The van der Waals surface area contributed by atoms with Gasteiger partial charge in [-0.2, -0.15) is 0 Å². The third kappa shape index (κ3) is 3.98. The number of carbonyl (C=O) groups is 3. The Labute approximate surface area is 156 Å². The lowest BCUT2D eigenvalue weighted by Crippen LogP contribution is -2.58. The standard InChI is InChI=1S/C20H20N4O3/c1-2-16(22-15-10-6-9-14(21)11-15)17-18(25)23-20(27)24(19(17)26)12-13-7-4-3-5-8-13/h2-11,17,22H,12,21H2,1H3,(H,23,25,27)/b16-2-/t17-/m1/s1. The largest absolute Gasteiger partial charge is 0.399 e. The maximum absolute atomic E-state index is 12.9. The van der Waals surface area contributed by atoms with Gasteiger partial charge < -0.3 is 11.1 Å². The van der Waals surface area contributed by atoms with Crippen molar-refractivity contribution in [3.8, 4) is 0 Å². The predicted octanol–water partition coefficient (Wildman–Crippen LogP) is 2.48. The van der Waals surface area contributed by atoms with E-state index in [2.05, 4.69) is 10.6 Å². The summed E-state index contributed by atoms with van der Waals surface area (Å²) >= 11 is 0. The van der Waals surface area contributed by atoms with Crippen molar-refractivity contribution in [1.82, 2.24) is 10.2 Å². The molecule has 1 aliphatic heterocycles. The first kappa shape index (κ1) is 18.2. The van der Waals surface area contributed by atoms with Crippen molar-refractivity contribution in [1.29, 1.82) is 0 Å². The summed E-state index contributed by atoms with van der Waals surface area (Å²) in [7, 11) is 0. The van der Waals surface area contributed by atoms with Crippen molar-refractivity contribution in [3.05, 3.63) is 71.9 Å². The number of nitrogens with two attached hydrogens (primary N) is 1. The third-order valence-electron chi connectivity index (χ3n) is 4.23. The van der Waals surface area contributed by atoms with Crippen molar-refractivity contribution < 1.29 is 14.4 Å². The molecule has 138 valence electrons. The van der Waals surface area contributed by atoms with Gasteiger partial charge in [-0.25, -0.2) is 4.79 Å². The highest BCUT2D eigenvalue weighted by Gasteiger charge is 2.42. The van der Waals surface area contributed by atoms with E-state index in [1.807, 2.05) is 30.3 Å². The Hall–Kier alpha value is -3.61. The number of benzene rings is 2. The second kappa shape index (κ2) is 7.74. The molecule has 1 fully saturated rings. The van der Waals surface area contributed by atoms with Crippen LogP contribution in [-0.4, -0.2) is 22.7 Å². The van der Waals surface area contributed by atoms with Crippen LogP contribution in [0.3, 0.4) is 0 Å². The van der Waals surface area contributed by atoms with E-state index in [9.17, 15) is 14.4 Å². The zero-order valence-electron chi connectivity index (χ0n) is 14.8. The van der Waals surface area contributed by atoms with Crippen molar-refractivity contribution in [2.24, 2.45) is 5.92 Å². The molecule has 0 radical (unpaired) electrons. The Kier molecular flexibility index (Phi) is 5.21. The second-order valence-electron chi connectivity index (χ2n) is 6.13. The summed E-state index contributed by atoms with van der Waals surface area (Å²) in [5.74, 6) is -2.37.